The molecule has 1 aromatic rings. The number of ether oxygens (including phenoxy) is 5. The molecule has 4 unspecified atom stereocenters. The number of carbonyl (C=O) groups is 3. The van der Waals surface area contributed by atoms with Gasteiger partial charge in [0.25, 0.3) is 5.79 Å². The second-order valence-electron chi connectivity index (χ2n) is 7.75. The number of anilines is 1. The van der Waals surface area contributed by atoms with Gasteiger partial charge in [-0.15, -0.1) is 0 Å². The van der Waals surface area contributed by atoms with E-state index in [1.807, 2.05) is 0 Å². The summed E-state index contributed by atoms with van der Waals surface area (Å²) < 4.78 is 27.1. The molecule has 1 amide bonds. The Labute approximate surface area is 183 Å². The summed E-state index contributed by atoms with van der Waals surface area (Å²) in [6, 6.07) is 2.97. The number of nitrogens with one attached hydrogen (secondary N) is 1. The van der Waals surface area contributed by atoms with Crippen molar-refractivity contribution in [1.82, 2.24) is 5.32 Å². The third-order valence-corrected chi connectivity index (χ3v) is 5.63. The molecule has 1 aromatic carbocycles. The first-order valence-electron chi connectivity index (χ1n) is 9.96. The summed E-state index contributed by atoms with van der Waals surface area (Å²) in [6.07, 6.45) is -1.75. The highest BCUT2D eigenvalue weighted by molar-refractivity contribution is 5.74. The minimum absolute atomic E-state index is 0.0335. The largest absolute Gasteiger partial charge is 0.449 e. The van der Waals surface area contributed by atoms with Crippen LogP contribution in [0.15, 0.2) is 12.1 Å². The lowest BCUT2D eigenvalue weighted by molar-refractivity contribution is -0.263. The second-order valence-corrected chi connectivity index (χ2v) is 7.75. The normalized spacial score (nSPS) is 27.3. The van der Waals surface area contributed by atoms with Gasteiger partial charge in [-0.1, -0.05) is 0 Å². The lowest BCUT2D eigenvalue weighted by Gasteiger charge is -2.49. The lowest BCUT2D eigenvalue weighted by atomic mass is 9.82. The topological polar surface area (TPSA) is 158 Å². The average molecular weight is 451 g/mol. The van der Waals surface area contributed by atoms with E-state index < -0.39 is 36.0 Å². The van der Waals surface area contributed by atoms with Gasteiger partial charge < -0.3 is 34.7 Å². The monoisotopic (exact) mass is 451 g/mol. The van der Waals surface area contributed by atoms with Crippen LogP contribution >= 0.6 is 0 Å². The minimum Gasteiger partial charge on any atom is -0.449 e. The number of methoxy groups -OCH3 is 2. The van der Waals surface area contributed by atoms with Gasteiger partial charge in [-0.05, 0) is 12.1 Å². The first-order valence-corrected chi connectivity index (χ1v) is 9.96. The van der Waals surface area contributed by atoms with Gasteiger partial charge >= 0.3 is 18.0 Å². The highest BCUT2D eigenvalue weighted by Crippen LogP contribution is 2.55. The van der Waals surface area contributed by atoms with Crippen molar-refractivity contribution < 1.29 is 42.9 Å². The van der Waals surface area contributed by atoms with Crippen molar-refractivity contribution in [3.8, 4) is 5.75 Å². The van der Waals surface area contributed by atoms with Crippen LogP contribution in [-0.4, -0.2) is 63.3 Å². The van der Waals surface area contributed by atoms with E-state index in [0.717, 1.165) is 0 Å². The maximum absolute atomic E-state index is 12.1. The smallest absolute Gasteiger partial charge is 0.404 e. The summed E-state index contributed by atoms with van der Waals surface area (Å²) >= 11 is 0. The minimum atomic E-state index is -1.53. The van der Waals surface area contributed by atoms with E-state index in [-0.39, 0.29) is 24.4 Å². The molecule has 2 bridgehead atoms. The van der Waals surface area contributed by atoms with Crippen molar-refractivity contribution in [3.63, 3.8) is 0 Å². The number of amides is 1. The molecule has 174 valence electrons. The zero-order valence-electron chi connectivity index (χ0n) is 18.1. The van der Waals surface area contributed by atoms with Crippen molar-refractivity contribution in [2.45, 2.75) is 43.9 Å². The van der Waals surface area contributed by atoms with Crippen molar-refractivity contribution >= 4 is 23.7 Å². The second kappa shape index (κ2) is 8.20. The quantitative estimate of drug-likeness (QED) is 0.256. The summed E-state index contributed by atoms with van der Waals surface area (Å²) in [4.78, 5) is 41.6. The molecule has 12 nitrogen and oxygen atoms in total. The standard InChI is InChI=1S/C20H25N3O9/c1-9(24)30-15-6-11(18(27-3)28-4)5-14-16(15)12(8-29-19(21)26)20(31-10(2)25)17-13(22-17)7-23(14)32-20/h5-6,12-13,17-18,22H,7-8H2,1-4H3,(H2,21,26). The molecule has 3 aliphatic rings. The van der Waals surface area contributed by atoms with Crippen molar-refractivity contribution in [1.29, 1.82) is 0 Å². The number of fused-ring (bicyclic) bond motifs is 6. The number of hydroxylamine groups is 1. The number of carbonyl (C=O) groups excluding carboxylic acids is 3. The summed E-state index contributed by atoms with van der Waals surface area (Å²) in [7, 11) is 2.95. The Bertz CT molecular complexity index is 950. The molecule has 0 aromatic heterocycles. The molecule has 3 aliphatic heterocycles. The first-order chi connectivity index (χ1) is 15.2. The van der Waals surface area contributed by atoms with Crippen LogP contribution in [0.5, 0.6) is 5.75 Å². The molecule has 0 aliphatic carbocycles. The van der Waals surface area contributed by atoms with Gasteiger partial charge in [0, 0.05) is 45.2 Å². The molecular formula is C20H25N3O9. The van der Waals surface area contributed by atoms with E-state index in [9.17, 15) is 14.4 Å². The van der Waals surface area contributed by atoms with Crippen molar-refractivity contribution in [2.75, 3.05) is 32.4 Å². The number of nitrogens with two attached hydrogens (primary N) is 1. The third-order valence-electron chi connectivity index (χ3n) is 5.63. The molecule has 32 heavy (non-hydrogen) atoms. The fourth-order valence-electron chi connectivity index (χ4n) is 4.48. The Morgan fingerprint density at radius 3 is 2.56 bits per heavy atom. The fraction of sp³-hybridized carbons (Fsp3) is 0.550. The molecule has 4 atom stereocenters. The van der Waals surface area contributed by atoms with Crippen molar-refractivity contribution in [2.24, 2.45) is 5.73 Å². The van der Waals surface area contributed by atoms with Crippen LogP contribution in [-0.2, 0) is 33.4 Å². The Kier molecular flexibility index (Phi) is 5.71. The molecule has 3 heterocycles. The maximum atomic E-state index is 12.1. The van der Waals surface area contributed by atoms with Crippen LogP contribution in [0, 0.1) is 0 Å². The van der Waals surface area contributed by atoms with Gasteiger partial charge in [0.15, 0.2) is 6.29 Å². The van der Waals surface area contributed by atoms with Gasteiger partial charge in [0.2, 0.25) is 0 Å². The summed E-state index contributed by atoms with van der Waals surface area (Å²) in [6.45, 7) is 2.68. The number of hydrogen-bond donors (Lipinski definition) is 2. The van der Waals surface area contributed by atoms with E-state index in [1.54, 1.807) is 17.2 Å². The van der Waals surface area contributed by atoms with Crippen LogP contribution in [0.3, 0.4) is 0 Å². The van der Waals surface area contributed by atoms with Crippen LogP contribution < -0.4 is 20.9 Å². The molecule has 4 rings (SSSR count). The number of primary amides is 1. The van der Waals surface area contributed by atoms with Crippen LogP contribution in [0.4, 0.5) is 10.5 Å². The van der Waals surface area contributed by atoms with E-state index in [0.29, 0.717) is 23.4 Å². The van der Waals surface area contributed by atoms with Gasteiger partial charge in [-0.2, -0.15) is 0 Å². The van der Waals surface area contributed by atoms with Gasteiger partial charge in [0.1, 0.15) is 12.4 Å². The maximum Gasteiger partial charge on any atom is 0.404 e. The number of rotatable bonds is 7. The highest BCUT2D eigenvalue weighted by atomic mass is 16.8. The molecule has 2 fully saturated rings. The fourth-order valence-corrected chi connectivity index (χ4v) is 4.48. The van der Waals surface area contributed by atoms with Crippen LogP contribution in [0.2, 0.25) is 0 Å². The average Bonchev–Trinajstić information content (AvgIpc) is 3.48. The van der Waals surface area contributed by atoms with Crippen molar-refractivity contribution in [3.05, 3.63) is 23.3 Å². The molecule has 2 saturated heterocycles. The van der Waals surface area contributed by atoms with Gasteiger partial charge in [0.05, 0.1) is 24.2 Å². The summed E-state index contributed by atoms with van der Waals surface area (Å²) in [5, 5.41) is 4.82. The Morgan fingerprint density at radius 1 is 1.25 bits per heavy atom. The molecule has 0 saturated carbocycles. The van der Waals surface area contributed by atoms with Crippen LogP contribution in [0.25, 0.3) is 0 Å². The zero-order valence-corrected chi connectivity index (χ0v) is 18.1. The van der Waals surface area contributed by atoms with Gasteiger partial charge in [-0.25, -0.2) is 14.7 Å². The number of benzene rings is 1. The van der Waals surface area contributed by atoms with E-state index in [1.165, 1.54) is 28.1 Å². The van der Waals surface area contributed by atoms with Crippen LogP contribution in [0.1, 0.15) is 37.2 Å². The third kappa shape index (κ3) is 3.75. The predicted molar refractivity (Wildman–Crippen MR) is 106 cm³/mol. The van der Waals surface area contributed by atoms with Gasteiger partial charge in [-0.3, -0.25) is 9.59 Å². The number of esters is 2. The summed E-state index contributed by atoms with van der Waals surface area (Å²) in [5.41, 5.74) is 6.78. The first kappa shape index (κ1) is 22.3. The van der Waals surface area contributed by atoms with E-state index in [2.05, 4.69) is 5.32 Å². The predicted octanol–water partition coefficient (Wildman–Crippen LogP) is 0.447. The Hall–Kier alpha value is -2.93. The molecule has 3 N–H and O–H groups in total. The molecule has 12 heteroatoms. The Morgan fingerprint density at radius 2 is 1.97 bits per heavy atom. The zero-order chi connectivity index (χ0) is 23.2. The number of nitrogens with zero attached hydrogens (tertiary/aromatic N) is 1. The lowest BCUT2D eigenvalue weighted by Crippen LogP contribution is -2.61. The SMILES string of the molecule is COC(OC)c1cc(OC(C)=O)c2c(c1)N1CC3NC3C(OC(C)=O)(O1)C2COC(N)=O. The highest BCUT2D eigenvalue weighted by Gasteiger charge is 2.68. The molecule has 0 radical (unpaired) electrons. The van der Waals surface area contributed by atoms with E-state index >= 15 is 0 Å². The van der Waals surface area contributed by atoms with E-state index in [4.69, 9.17) is 34.3 Å². The Balaban J connectivity index is 1.92. The number of hydrogen-bond acceptors (Lipinski definition) is 11. The molecular weight excluding hydrogens is 426 g/mol. The summed E-state index contributed by atoms with van der Waals surface area (Å²) in [5.74, 6) is -3.36. The molecule has 0 spiro atoms.